The fourth-order valence-corrected chi connectivity index (χ4v) is 3.99. The van der Waals surface area contributed by atoms with E-state index in [9.17, 15) is 4.79 Å². The second kappa shape index (κ2) is 7.95. The van der Waals surface area contributed by atoms with E-state index in [4.69, 9.17) is 0 Å². The molecule has 1 saturated carbocycles. The minimum Gasteiger partial charge on any atom is -0.354 e. The number of hydrogen-bond donors (Lipinski definition) is 2. The molecule has 2 N–H and O–H groups in total. The Labute approximate surface area is 153 Å². The van der Waals surface area contributed by atoms with E-state index >= 15 is 0 Å². The quantitative estimate of drug-likeness (QED) is 0.828. The average molecular weight is 354 g/mol. The molecular weight excluding hydrogens is 328 g/mol. The fraction of sp³-hybridized carbons (Fsp3) is 0.579. The molecule has 1 aliphatic carbocycles. The monoisotopic (exact) mass is 354 g/mol. The number of pyridine rings is 1. The van der Waals surface area contributed by atoms with Gasteiger partial charge in [-0.1, -0.05) is 19.3 Å². The van der Waals surface area contributed by atoms with E-state index in [-0.39, 0.29) is 11.9 Å². The first-order chi connectivity index (χ1) is 12.8. The first-order valence-corrected chi connectivity index (χ1v) is 9.66. The highest BCUT2D eigenvalue weighted by molar-refractivity contribution is 5.82. The lowest BCUT2D eigenvalue weighted by molar-refractivity contribution is -0.133. The molecule has 0 bridgehead atoms. The van der Waals surface area contributed by atoms with Crippen molar-refractivity contribution in [2.45, 2.75) is 57.0 Å². The van der Waals surface area contributed by atoms with Gasteiger partial charge in [0.25, 0.3) is 0 Å². The predicted molar refractivity (Wildman–Crippen MR) is 98.3 cm³/mol. The number of aromatic amines is 1. The minimum absolute atomic E-state index is 0.0683. The summed E-state index contributed by atoms with van der Waals surface area (Å²) in [4.78, 5) is 23.5. The van der Waals surface area contributed by atoms with Gasteiger partial charge in [0.1, 0.15) is 5.82 Å². The second-order valence-electron chi connectivity index (χ2n) is 7.22. The molecule has 0 aromatic carbocycles. The number of likely N-dealkylation sites (tertiary alicyclic amines) is 1. The van der Waals surface area contributed by atoms with E-state index in [1.54, 1.807) is 12.4 Å². The Morgan fingerprint density at radius 1 is 1.27 bits per heavy atom. The van der Waals surface area contributed by atoms with Crippen molar-refractivity contribution in [2.75, 3.05) is 13.1 Å². The molecule has 138 valence electrons. The molecule has 2 fully saturated rings. The molecule has 4 rings (SSSR count). The van der Waals surface area contributed by atoms with E-state index < -0.39 is 0 Å². The van der Waals surface area contributed by atoms with Crippen LogP contribution >= 0.6 is 0 Å². The van der Waals surface area contributed by atoms with Gasteiger partial charge in [-0.2, -0.15) is 5.10 Å². The van der Waals surface area contributed by atoms with Crippen LogP contribution in [0.1, 0.15) is 44.3 Å². The Kier molecular flexibility index (Phi) is 5.24. The summed E-state index contributed by atoms with van der Waals surface area (Å²) in [7, 11) is 0. The van der Waals surface area contributed by atoms with E-state index in [2.05, 4.69) is 30.4 Å². The van der Waals surface area contributed by atoms with Crippen LogP contribution in [0.4, 0.5) is 0 Å². The van der Waals surface area contributed by atoms with Gasteiger partial charge in [-0.25, -0.2) is 4.98 Å². The van der Waals surface area contributed by atoms with Crippen LogP contribution in [0, 0.1) is 0 Å². The topological polar surface area (TPSA) is 86.8 Å². The third-order valence-corrected chi connectivity index (χ3v) is 5.52. The Balaban J connectivity index is 1.24. The molecular formula is C19H26N6O. The van der Waals surface area contributed by atoms with E-state index in [1.165, 1.54) is 32.1 Å². The third-order valence-electron chi connectivity index (χ3n) is 5.52. The van der Waals surface area contributed by atoms with Crippen molar-refractivity contribution in [1.82, 2.24) is 30.4 Å². The predicted octanol–water partition coefficient (Wildman–Crippen LogP) is 1.93. The number of hydrogen-bond acceptors (Lipinski definition) is 5. The number of nitrogens with one attached hydrogen (secondary N) is 2. The van der Waals surface area contributed by atoms with E-state index in [0.717, 1.165) is 24.4 Å². The first-order valence-electron chi connectivity index (χ1n) is 9.66. The summed E-state index contributed by atoms with van der Waals surface area (Å²) in [6.45, 7) is 1.65. The van der Waals surface area contributed by atoms with E-state index in [0.29, 0.717) is 24.8 Å². The molecule has 2 aromatic rings. The number of H-pyrrole nitrogens is 1. The smallest absolute Gasteiger partial charge is 0.237 e. The van der Waals surface area contributed by atoms with Crippen LogP contribution in [0.15, 0.2) is 24.5 Å². The van der Waals surface area contributed by atoms with Crippen LogP contribution in [0.25, 0.3) is 11.4 Å². The highest BCUT2D eigenvalue weighted by atomic mass is 16.2. The van der Waals surface area contributed by atoms with Crippen molar-refractivity contribution in [3.8, 4) is 11.4 Å². The van der Waals surface area contributed by atoms with Gasteiger partial charge in [0.05, 0.1) is 6.04 Å². The summed E-state index contributed by atoms with van der Waals surface area (Å²) in [5.41, 5.74) is 0.886. The maximum absolute atomic E-state index is 12.5. The number of nitrogens with zero attached hydrogens (tertiary/aromatic N) is 4. The average Bonchev–Trinajstić information content (AvgIpc) is 3.11. The van der Waals surface area contributed by atoms with Gasteiger partial charge in [-0.3, -0.25) is 19.8 Å². The maximum atomic E-state index is 12.5. The Morgan fingerprint density at radius 3 is 2.88 bits per heavy atom. The summed E-state index contributed by atoms with van der Waals surface area (Å²) in [5, 5.41) is 10.2. The highest BCUT2D eigenvalue weighted by Crippen LogP contribution is 2.30. The molecule has 1 atom stereocenters. The summed E-state index contributed by atoms with van der Waals surface area (Å²) in [6.07, 6.45) is 11.6. The van der Waals surface area contributed by atoms with Crippen molar-refractivity contribution in [3.63, 3.8) is 0 Å². The van der Waals surface area contributed by atoms with Gasteiger partial charge >= 0.3 is 0 Å². The molecule has 0 radical (unpaired) electrons. The highest BCUT2D eigenvalue weighted by Gasteiger charge is 2.38. The molecule has 1 amide bonds. The summed E-state index contributed by atoms with van der Waals surface area (Å²) in [6, 6.07) is 4.48. The molecule has 1 aliphatic heterocycles. The van der Waals surface area contributed by atoms with Gasteiger partial charge in [-0.15, -0.1) is 0 Å². The van der Waals surface area contributed by atoms with Crippen molar-refractivity contribution in [2.24, 2.45) is 0 Å². The number of carbonyl (C=O) groups is 1. The lowest BCUT2D eigenvalue weighted by atomic mass is 9.89. The second-order valence-corrected chi connectivity index (χ2v) is 7.22. The molecule has 2 aromatic heterocycles. The summed E-state index contributed by atoms with van der Waals surface area (Å²) >= 11 is 0. The molecule has 7 heteroatoms. The van der Waals surface area contributed by atoms with Crippen molar-refractivity contribution in [3.05, 3.63) is 30.4 Å². The van der Waals surface area contributed by atoms with Gasteiger partial charge in [0.15, 0.2) is 5.82 Å². The molecule has 26 heavy (non-hydrogen) atoms. The third kappa shape index (κ3) is 3.77. The number of rotatable bonds is 6. The van der Waals surface area contributed by atoms with E-state index in [1.807, 2.05) is 12.1 Å². The first kappa shape index (κ1) is 17.1. The molecule has 0 spiro atoms. The zero-order valence-corrected chi connectivity index (χ0v) is 15.0. The largest absolute Gasteiger partial charge is 0.354 e. The van der Waals surface area contributed by atoms with Crippen LogP contribution in [0.2, 0.25) is 0 Å². The molecule has 0 unspecified atom stereocenters. The zero-order chi connectivity index (χ0) is 17.8. The van der Waals surface area contributed by atoms with Crippen LogP contribution in [-0.4, -0.2) is 56.1 Å². The summed E-state index contributed by atoms with van der Waals surface area (Å²) in [5.74, 6) is 1.58. The molecule has 1 saturated heterocycles. The lowest BCUT2D eigenvalue weighted by Gasteiger charge is -2.46. The Bertz CT molecular complexity index is 725. The normalized spacial score (nSPS) is 21.3. The Morgan fingerprint density at radius 2 is 2.15 bits per heavy atom. The number of amides is 1. The van der Waals surface area contributed by atoms with Crippen LogP contribution < -0.4 is 5.32 Å². The van der Waals surface area contributed by atoms with Crippen LogP contribution in [0.5, 0.6) is 0 Å². The SMILES string of the molecule is O=C(NCCc1nc(-c2cccnc2)n[nH]1)[C@@H]1CCN1C1CCCCC1. The Hall–Kier alpha value is -2.28. The minimum atomic E-state index is 0.0683. The van der Waals surface area contributed by atoms with Crippen molar-refractivity contribution < 1.29 is 4.79 Å². The van der Waals surface area contributed by atoms with Crippen LogP contribution in [-0.2, 0) is 11.2 Å². The number of carbonyl (C=O) groups excluding carboxylic acids is 1. The van der Waals surface area contributed by atoms with Crippen molar-refractivity contribution in [1.29, 1.82) is 0 Å². The molecule has 7 nitrogen and oxygen atoms in total. The van der Waals surface area contributed by atoms with Gasteiger partial charge in [-0.05, 0) is 31.4 Å². The fourth-order valence-electron chi connectivity index (χ4n) is 3.99. The lowest BCUT2D eigenvalue weighted by Crippen LogP contribution is -2.60. The number of aromatic nitrogens is 4. The van der Waals surface area contributed by atoms with Gasteiger partial charge in [0, 0.05) is 43.5 Å². The molecule has 2 aliphatic rings. The summed E-state index contributed by atoms with van der Waals surface area (Å²) < 4.78 is 0. The maximum Gasteiger partial charge on any atom is 0.237 e. The standard InChI is InChI=1S/C19H26N6O/c26-19(16-9-12-25(16)15-6-2-1-3-7-15)21-11-8-17-22-18(24-23-17)14-5-4-10-20-13-14/h4-5,10,13,15-16H,1-3,6-9,11-12H2,(H,21,26)(H,22,23,24)/t16-/m0/s1. The van der Waals surface area contributed by atoms with Crippen LogP contribution in [0.3, 0.4) is 0 Å². The zero-order valence-electron chi connectivity index (χ0n) is 15.0. The van der Waals surface area contributed by atoms with Gasteiger partial charge < -0.3 is 5.32 Å². The van der Waals surface area contributed by atoms with Gasteiger partial charge in [0.2, 0.25) is 5.91 Å². The van der Waals surface area contributed by atoms with Crippen molar-refractivity contribution >= 4 is 5.91 Å². The molecule has 3 heterocycles.